The van der Waals surface area contributed by atoms with Gasteiger partial charge in [-0.15, -0.1) is 10.2 Å². The number of rotatable bonds is 4. The summed E-state index contributed by atoms with van der Waals surface area (Å²) in [6, 6.07) is 11.7. The van der Waals surface area contributed by atoms with Gasteiger partial charge in [0.25, 0.3) is 5.95 Å². The molecule has 5 aromatic rings. The molecule has 0 radical (unpaired) electrons. The Morgan fingerprint density at radius 2 is 1.71 bits per heavy atom. The number of ether oxygens (including phenoxy) is 1. The minimum absolute atomic E-state index is 0.0655. The molecule has 0 aliphatic rings. The molecule has 14 heteroatoms. The molecule has 41 heavy (non-hydrogen) atoms. The summed E-state index contributed by atoms with van der Waals surface area (Å²) in [6.07, 6.45) is -3.72. The van der Waals surface area contributed by atoms with Crippen molar-refractivity contribution in [2.24, 2.45) is 0 Å². The minimum atomic E-state index is -4.55. The molecule has 0 saturated carbocycles. The molecule has 1 amide bonds. The van der Waals surface area contributed by atoms with Crippen LogP contribution in [-0.4, -0.2) is 41.1 Å². The van der Waals surface area contributed by atoms with E-state index in [9.17, 15) is 18.0 Å². The van der Waals surface area contributed by atoms with Crippen molar-refractivity contribution >= 4 is 29.3 Å². The van der Waals surface area contributed by atoms with Crippen molar-refractivity contribution in [3.05, 3.63) is 65.9 Å². The third kappa shape index (κ3) is 5.62. The van der Waals surface area contributed by atoms with Crippen molar-refractivity contribution in [1.82, 2.24) is 29.4 Å². The van der Waals surface area contributed by atoms with Crippen LogP contribution >= 0.6 is 0 Å². The zero-order chi connectivity index (χ0) is 29.7. The van der Waals surface area contributed by atoms with Crippen LogP contribution in [0.15, 0.2) is 54.7 Å². The standard InChI is InChI=1S/C27H26F3N9O2/c1-14-19(13-38-22(33-23(32)36-38)20(14)15-6-5-7-16(12-15)27(28,29)30)21-34-24(35-25(40)41-26(2,3)4)37-39(21)18-10-8-17(31)9-11-18/h5-13H,31H2,1-4H3,(H2,32,36)(H,35,37,40). The number of nitrogens with two attached hydrogens (primary N) is 2. The lowest BCUT2D eigenvalue weighted by Crippen LogP contribution is -2.27. The lowest BCUT2D eigenvalue weighted by molar-refractivity contribution is -0.137. The molecule has 0 spiro atoms. The number of alkyl halides is 3. The monoisotopic (exact) mass is 565 g/mol. The second kappa shape index (κ2) is 9.80. The predicted octanol–water partition coefficient (Wildman–Crippen LogP) is 5.48. The van der Waals surface area contributed by atoms with Crippen LogP contribution in [0.3, 0.4) is 0 Å². The van der Waals surface area contributed by atoms with Crippen LogP contribution in [0.5, 0.6) is 0 Å². The van der Waals surface area contributed by atoms with Crippen LogP contribution in [0.1, 0.15) is 31.9 Å². The SMILES string of the molecule is Cc1c(-c2nc(NC(=O)OC(C)(C)C)nn2-c2ccc(N)cc2)cn2nc(N)nc2c1-c1cccc(C(F)(F)F)c1. The average molecular weight is 566 g/mol. The van der Waals surface area contributed by atoms with E-state index in [1.807, 2.05) is 0 Å². The fourth-order valence-corrected chi connectivity index (χ4v) is 4.27. The first kappa shape index (κ1) is 27.4. The smallest absolute Gasteiger partial charge is 0.416 e. The fraction of sp³-hybridized carbons (Fsp3) is 0.222. The predicted molar refractivity (Wildman–Crippen MR) is 147 cm³/mol. The Bertz CT molecular complexity index is 1770. The van der Waals surface area contributed by atoms with Crippen LogP contribution in [-0.2, 0) is 10.9 Å². The number of carbonyl (C=O) groups excluding carboxylic acids is 1. The number of fused-ring (bicyclic) bond motifs is 1. The Kier molecular flexibility index (Phi) is 6.56. The van der Waals surface area contributed by atoms with E-state index in [0.29, 0.717) is 28.1 Å². The number of hydrogen-bond acceptors (Lipinski definition) is 8. The molecule has 0 bridgehead atoms. The van der Waals surface area contributed by atoms with Crippen molar-refractivity contribution in [3.8, 4) is 28.2 Å². The summed E-state index contributed by atoms with van der Waals surface area (Å²) in [5, 5.41) is 11.2. The maximum Gasteiger partial charge on any atom is 0.416 e. The summed E-state index contributed by atoms with van der Waals surface area (Å²) in [4.78, 5) is 21.3. The van der Waals surface area contributed by atoms with Gasteiger partial charge in [0.1, 0.15) is 5.60 Å². The zero-order valence-corrected chi connectivity index (χ0v) is 22.5. The molecule has 5 rings (SSSR count). The number of anilines is 3. The maximum atomic E-state index is 13.6. The fourth-order valence-electron chi connectivity index (χ4n) is 4.27. The number of benzene rings is 2. The van der Waals surface area contributed by atoms with Gasteiger partial charge in [-0.1, -0.05) is 12.1 Å². The highest BCUT2D eigenvalue weighted by Crippen LogP contribution is 2.38. The molecular weight excluding hydrogens is 539 g/mol. The third-order valence-electron chi connectivity index (χ3n) is 5.98. The number of nitrogen functional groups attached to an aromatic ring is 2. The van der Waals surface area contributed by atoms with Gasteiger partial charge >= 0.3 is 12.3 Å². The first-order chi connectivity index (χ1) is 19.2. The van der Waals surface area contributed by atoms with Gasteiger partial charge in [0.2, 0.25) is 5.95 Å². The van der Waals surface area contributed by atoms with E-state index in [4.69, 9.17) is 16.2 Å². The summed E-state index contributed by atoms with van der Waals surface area (Å²) in [6.45, 7) is 6.88. The molecule has 0 fully saturated rings. The number of aromatic nitrogens is 6. The molecule has 11 nitrogen and oxygen atoms in total. The highest BCUT2D eigenvalue weighted by atomic mass is 19.4. The normalized spacial score (nSPS) is 12.1. The topological polar surface area (TPSA) is 151 Å². The van der Waals surface area contributed by atoms with Gasteiger partial charge in [-0.05, 0) is 75.2 Å². The number of nitrogens with one attached hydrogen (secondary N) is 1. The van der Waals surface area contributed by atoms with Crippen molar-refractivity contribution in [3.63, 3.8) is 0 Å². The number of nitrogens with zero attached hydrogens (tertiary/aromatic N) is 6. The first-order valence-corrected chi connectivity index (χ1v) is 12.4. The molecule has 2 aromatic carbocycles. The van der Waals surface area contributed by atoms with Gasteiger partial charge in [-0.3, -0.25) is 5.32 Å². The highest BCUT2D eigenvalue weighted by molar-refractivity contribution is 5.87. The zero-order valence-electron chi connectivity index (χ0n) is 22.5. The van der Waals surface area contributed by atoms with E-state index in [1.165, 1.54) is 15.3 Å². The van der Waals surface area contributed by atoms with Crippen molar-refractivity contribution in [2.45, 2.75) is 39.5 Å². The molecule has 3 heterocycles. The number of carbonyl (C=O) groups is 1. The number of halogens is 3. The van der Waals surface area contributed by atoms with E-state index >= 15 is 0 Å². The van der Waals surface area contributed by atoms with E-state index < -0.39 is 23.4 Å². The Morgan fingerprint density at radius 3 is 2.37 bits per heavy atom. The minimum Gasteiger partial charge on any atom is -0.444 e. The van der Waals surface area contributed by atoms with Crippen LogP contribution in [0, 0.1) is 6.92 Å². The molecule has 0 atom stereocenters. The number of hydrogen-bond donors (Lipinski definition) is 3. The maximum absolute atomic E-state index is 13.6. The van der Waals surface area contributed by atoms with Crippen molar-refractivity contribution in [2.75, 3.05) is 16.8 Å². The molecule has 3 aromatic heterocycles. The molecule has 5 N–H and O–H groups in total. The average Bonchev–Trinajstić information content (AvgIpc) is 3.44. The van der Waals surface area contributed by atoms with Gasteiger partial charge in [0.05, 0.1) is 11.3 Å². The Labute approximate surface area is 232 Å². The van der Waals surface area contributed by atoms with Crippen LogP contribution in [0.25, 0.3) is 33.8 Å². The lowest BCUT2D eigenvalue weighted by Gasteiger charge is -2.18. The van der Waals surface area contributed by atoms with Crippen LogP contribution < -0.4 is 16.8 Å². The Morgan fingerprint density at radius 1 is 1.00 bits per heavy atom. The number of amides is 1. The summed E-state index contributed by atoms with van der Waals surface area (Å²) in [5.74, 6) is 0.119. The number of pyridine rings is 1. The second-order valence-corrected chi connectivity index (χ2v) is 10.2. The molecular formula is C27H26F3N9O2. The Hall–Kier alpha value is -5.14. The summed E-state index contributed by atoms with van der Waals surface area (Å²) < 4.78 is 49.0. The van der Waals surface area contributed by atoms with Crippen molar-refractivity contribution in [1.29, 1.82) is 0 Å². The first-order valence-electron chi connectivity index (χ1n) is 12.4. The molecule has 212 valence electrons. The molecule has 0 saturated heterocycles. The largest absolute Gasteiger partial charge is 0.444 e. The van der Waals surface area contributed by atoms with Crippen molar-refractivity contribution < 1.29 is 22.7 Å². The molecule has 0 aliphatic heterocycles. The third-order valence-corrected chi connectivity index (χ3v) is 5.98. The van der Waals surface area contributed by atoms with Crippen LogP contribution in [0.4, 0.5) is 35.5 Å². The molecule has 0 aliphatic carbocycles. The van der Waals surface area contributed by atoms with Crippen LogP contribution in [0.2, 0.25) is 0 Å². The van der Waals surface area contributed by atoms with Gasteiger partial charge in [0.15, 0.2) is 11.5 Å². The summed E-state index contributed by atoms with van der Waals surface area (Å²) in [5.41, 5.74) is 13.1. The van der Waals surface area contributed by atoms with E-state index in [1.54, 1.807) is 64.2 Å². The van der Waals surface area contributed by atoms with Gasteiger partial charge in [-0.25, -0.2) is 14.0 Å². The van der Waals surface area contributed by atoms with E-state index in [2.05, 4.69) is 25.5 Å². The quantitative estimate of drug-likeness (QED) is 0.242. The van der Waals surface area contributed by atoms with E-state index in [-0.39, 0.29) is 28.9 Å². The van der Waals surface area contributed by atoms with E-state index in [0.717, 1.165) is 12.1 Å². The van der Waals surface area contributed by atoms with Gasteiger partial charge in [-0.2, -0.15) is 23.1 Å². The Balaban J connectivity index is 1.73. The summed E-state index contributed by atoms with van der Waals surface area (Å²) >= 11 is 0. The summed E-state index contributed by atoms with van der Waals surface area (Å²) in [7, 11) is 0. The highest BCUT2D eigenvalue weighted by Gasteiger charge is 2.31. The van der Waals surface area contributed by atoms with Gasteiger partial charge < -0.3 is 16.2 Å². The lowest BCUT2D eigenvalue weighted by atomic mass is 9.96. The van der Waals surface area contributed by atoms with Gasteiger partial charge in [0, 0.05) is 23.0 Å². The molecule has 0 unspecified atom stereocenters. The second-order valence-electron chi connectivity index (χ2n) is 10.2.